The van der Waals surface area contributed by atoms with E-state index in [-0.39, 0.29) is 12.5 Å². The van der Waals surface area contributed by atoms with E-state index in [0.29, 0.717) is 5.69 Å². The number of hydrogen-bond acceptors (Lipinski definition) is 3. The molecule has 1 aromatic heterocycles. The Morgan fingerprint density at radius 3 is 2.48 bits per heavy atom. The number of rotatable bonds is 5. The number of aromatic nitrogens is 2. The van der Waals surface area contributed by atoms with Crippen LogP contribution >= 0.6 is 0 Å². The molecule has 2 aromatic rings. The molecule has 0 aliphatic heterocycles. The van der Waals surface area contributed by atoms with Crippen molar-refractivity contribution in [1.82, 2.24) is 9.78 Å². The van der Waals surface area contributed by atoms with E-state index in [2.05, 4.69) is 10.4 Å². The molecule has 0 radical (unpaired) electrons. The Morgan fingerprint density at radius 1 is 1.24 bits per heavy atom. The Hall–Kier alpha value is -2.30. The van der Waals surface area contributed by atoms with Crippen LogP contribution in [-0.4, -0.2) is 15.7 Å². The van der Waals surface area contributed by atoms with Gasteiger partial charge in [-0.25, -0.2) is 0 Å². The zero-order chi connectivity index (χ0) is 15.4. The fourth-order valence-electron chi connectivity index (χ4n) is 2.30. The first kappa shape index (κ1) is 15.1. The van der Waals surface area contributed by atoms with Gasteiger partial charge in [-0.2, -0.15) is 5.10 Å². The number of carbonyl (C=O) groups excluding carboxylic acids is 1. The number of hydrogen-bond donors (Lipinski definition) is 2. The maximum absolute atomic E-state index is 12.1. The summed E-state index contributed by atoms with van der Waals surface area (Å²) in [5, 5.41) is 7.30. The quantitative estimate of drug-likeness (QED) is 0.887. The van der Waals surface area contributed by atoms with Crippen LogP contribution in [0.5, 0.6) is 0 Å². The maximum Gasteiger partial charge on any atom is 0.246 e. The van der Waals surface area contributed by atoms with Gasteiger partial charge in [0.1, 0.15) is 6.54 Å². The van der Waals surface area contributed by atoms with Crippen molar-refractivity contribution in [3.8, 4) is 0 Å². The molecule has 0 saturated carbocycles. The van der Waals surface area contributed by atoms with Crippen molar-refractivity contribution in [2.75, 3.05) is 11.1 Å². The lowest BCUT2D eigenvalue weighted by molar-refractivity contribution is -0.116. The molecule has 0 atom stereocenters. The Kier molecular flexibility index (Phi) is 4.62. The summed E-state index contributed by atoms with van der Waals surface area (Å²) in [5.41, 5.74) is 10.5. The molecule has 5 heteroatoms. The molecule has 112 valence electrons. The first-order valence-electron chi connectivity index (χ1n) is 7.25. The minimum absolute atomic E-state index is 0.0984. The second kappa shape index (κ2) is 6.43. The van der Waals surface area contributed by atoms with Gasteiger partial charge in [0.05, 0.1) is 17.1 Å². The van der Waals surface area contributed by atoms with E-state index in [1.54, 1.807) is 4.68 Å². The van der Waals surface area contributed by atoms with Crippen LogP contribution in [0.15, 0.2) is 24.3 Å². The standard InChI is InChI=1S/C16H22N4O/c1-4-13-16(17)14(5-2)20(19-13)10-15(21)18-12-8-6-11(3)7-9-12/h6-9H,4-5,10,17H2,1-3H3,(H,18,21). The number of benzene rings is 1. The molecule has 0 unspecified atom stereocenters. The van der Waals surface area contributed by atoms with E-state index >= 15 is 0 Å². The zero-order valence-electron chi connectivity index (χ0n) is 12.8. The van der Waals surface area contributed by atoms with Crippen LogP contribution in [0.1, 0.15) is 30.8 Å². The van der Waals surface area contributed by atoms with Gasteiger partial charge < -0.3 is 11.1 Å². The number of nitrogen functional groups attached to an aromatic ring is 1. The van der Waals surface area contributed by atoms with Crippen molar-refractivity contribution >= 4 is 17.3 Å². The van der Waals surface area contributed by atoms with Crippen molar-refractivity contribution in [2.45, 2.75) is 40.2 Å². The van der Waals surface area contributed by atoms with Gasteiger partial charge in [-0.05, 0) is 31.9 Å². The van der Waals surface area contributed by atoms with Crippen LogP contribution in [0.2, 0.25) is 0 Å². The first-order valence-corrected chi connectivity index (χ1v) is 7.25. The number of amides is 1. The molecule has 0 spiro atoms. The lowest BCUT2D eigenvalue weighted by Crippen LogP contribution is -2.21. The molecule has 0 fully saturated rings. The summed E-state index contributed by atoms with van der Waals surface area (Å²) >= 11 is 0. The average molecular weight is 286 g/mol. The van der Waals surface area contributed by atoms with Crippen molar-refractivity contribution < 1.29 is 4.79 Å². The molecule has 2 rings (SSSR count). The number of aryl methyl sites for hydroxylation is 2. The third-order valence-corrected chi connectivity index (χ3v) is 3.47. The van der Waals surface area contributed by atoms with Crippen LogP contribution in [0.4, 0.5) is 11.4 Å². The van der Waals surface area contributed by atoms with Crippen molar-refractivity contribution in [2.24, 2.45) is 0 Å². The normalized spacial score (nSPS) is 10.6. The van der Waals surface area contributed by atoms with E-state index in [9.17, 15) is 4.79 Å². The summed E-state index contributed by atoms with van der Waals surface area (Å²) in [7, 11) is 0. The molecule has 1 heterocycles. The van der Waals surface area contributed by atoms with E-state index < -0.39 is 0 Å². The largest absolute Gasteiger partial charge is 0.396 e. The number of nitrogens with zero attached hydrogens (tertiary/aromatic N) is 2. The van der Waals surface area contributed by atoms with E-state index in [0.717, 1.165) is 35.5 Å². The molecule has 5 nitrogen and oxygen atoms in total. The van der Waals surface area contributed by atoms with Crippen LogP contribution in [0.3, 0.4) is 0 Å². The molecule has 0 aliphatic rings. The highest BCUT2D eigenvalue weighted by Crippen LogP contribution is 2.18. The topological polar surface area (TPSA) is 72.9 Å². The van der Waals surface area contributed by atoms with Gasteiger partial charge >= 0.3 is 0 Å². The molecular weight excluding hydrogens is 264 g/mol. The van der Waals surface area contributed by atoms with Gasteiger partial charge in [0.2, 0.25) is 5.91 Å². The second-order valence-electron chi connectivity index (χ2n) is 5.09. The van der Waals surface area contributed by atoms with Crippen LogP contribution in [0, 0.1) is 6.92 Å². The predicted molar refractivity (Wildman–Crippen MR) is 85.2 cm³/mol. The van der Waals surface area contributed by atoms with E-state index in [1.165, 1.54) is 0 Å². The molecule has 21 heavy (non-hydrogen) atoms. The number of nitrogens with two attached hydrogens (primary N) is 1. The minimum atomic E-state index is -0.0984. The third-order valence-electron chi connectivity index (χ3n) is 3.47. The highest BCUT2D eigenvalue weighted by atomic mass is 16.2. The summed E-state index contributed by atoms with van der Waals surface area (Å²) in [6.07, 6.45) is 1.53. The van der Waals surface area contributed by atoms with E-state index in [4.69, 9.17) is 5.73 Å². The first-order chi connectivity index (χ1) is 10.0. The van der Waals surface area contributed by atoms with Gasteiger partial charge in [-0.15, -0.1) is 0 Å². The maximum atomic E-state index is 12.1. The van der Waals surface area contributed by atoms with Crippen LogP contribution in [0.25, 0.3) is 0 Å². The van der Waals surface area contributed by atoms with E-state index in [1.807, 2.05) is 45.0 Å². The third kappa shape index (κ3) is 3.42. The number of carbonyl (C=O) groups is 1. The molecule has 0 saturated heterocycles. The SMILES string of the molecule is CCc1nn(CC(=O)Nc2ccc(C)cc2)c(CC)c1N. The molecule has 0 aliphatic carbocycles. The van der Waals surface area contributed by atoms with Gasteiger partial charge in [-0.1, -0.05) is 31.5 Å². The van der Waals surface area contributed by atoms with Crippen LogP contribution in [-0.2, 0) is 24.2 Å². The highest BCUT2D eigenvalue weighted by molar-refractivity contribution is 5.90. The average Bonchev–Trinajstić information content (AvgIpc) is 2.76. The molecule has 0 bridgehead atoms. The fraction of sp³-hybridized carbons (Fsp3) is 0.375. The Morgan fingerprint density at radius 2 is 1.90 bits per heavy atom. The van der Waals surface area contributed by atoms with Gasteiger partial charge in [0.25, 0.3) is 0 Å². The van der Waals surface area contributed by atoms with Crippen molar-refractivity contribution in [3.05, 3.63) is 41.2 Å². The zero-order valence-corrected chi connectivity index (χ0v) is 12.8. The lowest BCUT2D eigenvalue weighted by Gasteiger charge is -2.08. The molecular formula is C16H22N4O. The van der Waals surface area contributed by atoms with Gasteiger partial charge in [-0.3, -0.25) is 9.48 Å². The molecule has 3 N–H and O–H groups in total. The predicted octanol–water partition coefficient (Wildman–Crippen LogP) is 2.54. The number of anilines is 2. The summed E-state index contributed by atoms with van der Waals surface area (Å²) in [5.74, 6) is -0.0984. The minimum Gasteiger partial charge on any atom is -0.396 e. The highest BCUT2D eigenvalue weighted by Gasteiger charge is 2.14. The Bertz CT molecular complexity index is 628. The second-order valence-corrected chi connectivity index (χ2v) is 5.09. The van der Waals surface area contributed by atoms with Gasteiger partial charge in [0.15, 0.2) is 0 Å². The van der Waals surface area contributed by atoms with Crippen molar-refractivity contribution in [3.63, 3.8) is 0 Å². The molecule has 1 amide bonds. The Labute approximate surface area is 125 Å². The summed E-state index contributed by atoms with van der Waals surface area (Å²) < 4.78 is 1.71. The number of nitrogens with one attached hydrogen (secondary N) is 1. The summed E-state index contributed by atoms with van der Waals surface area (Å²) in [4.78, 5) is 12.1. The van der Waals surface area contributed by atoms with Crippen molar-refractivity contribution in [1.29, 1.82) is 0 Å². The monoisotopic (exact) mass is 286 g/mol. The smallest absolute Gasteiger partial charge is 0.246 e. The lowest BCUT2D eigenvalue weighted by atomic mass is 10.2. The summed E-state index contributed by atoms with van der Waals surface area (Å²) in [6, 6.07) is 7.72. The van der Waals surface area contributed by atoms with Crippen LogP contribution < -0.4 is 11.1 Å². The summed E-state index contributed by atoms with van der Waals surface area (Å²) in [6.45, 7) is 6.22. The van der Waals surface area contributed by atoms with Gasteiger partial charge in [0, 0.05) is 5.69 Å². The Balaban J connectivity index is 2.10. The fourth-order valence-corrected chi connectivity index (χ4v) is 2.30. The molecule has 1 aromatic carbocycles.